The molecule has 1 unspecified atom stereocenters. The fourth-order valence-corrected chi connectivity index (χ4v) is 3.96. The minimum absolute atomic E-state index is 0.00846. The number of rotatable bonds is 6. The van der Waals surface area contributed by atoms with Crippen molar-refractivity contribution in [2.24, 2.45) is 0 Å². The number of carbonyl (C=O) groups excluding carboxylic acids is 1. The fourth-order valence-electron chi connectivity index (χ4n) is 3.96. The summed E-state index contributed by atoms with van der Waals surface area (Å²) in [5.41, 5.74) is 3.72. The number of hydrogen-bond donors (Lipinski definition) is 2. The highest BCUT2D eigenvalue weighted by Crippen LogP contribution is 2.24. The summed E-state index contributed by atoms with van der Waals surface area (Å²) in [5.74, 6) is -0.208. The summed E-state index contributed by atoms with van der Waals surface area (Å²) in [7, 11) is 0. The Morgan fingerprint density at radius 3 is 2.76 bits per heavy atom. The summed E-state index contributed by atoms with van der Waals surface area (Å²) >= 11 is 0. The second-order valence-electron chi connectivity index (χ2n) is 7.50. The highest BCUT2D eigenvalue weighted by Gasteiger charge is 2.24. The third kappa shape index (κ3) is 4.40. The van der Waals surface area contributed by atoms with Crippen molar-refractivity contribution in [1.29, 1.82) is 0 Å². The Morgan fingerprint density at radius 2 is 2.00 bits per heavy atom. The average Bonchev–Trinajstić information content (AvgIpc) is 3.18. The molecule has 1 aliphatic carbocycles. The van der Waals surface area contributed by atoms with E-state index in [1.807, 2.05) is 42.2 Å². The van der Waals surface area contributed by atoms with Crippen molar-refractivity contribution in [3.05, 3.63) is 83.4 Å². The van der Waals surface area contributed by atoms with E-state index in [0.29, 0.717) is 24.8 Å². The number of H-pyrrole nitrogens is 1. The third-order valence-electron chi connectivity index (χ3n) is 5.53. The van der Waals surface area contributed by atoms with E-state index < -0.39 is 0 Å². The van der Waals surface area contributed by atoms with E-state index in [9.17, 15) is 9.18 Å². The van der Waals surface area contributed by atoms with Crippen LogP contribution in [0.1, 0.15) is 42.2 Å². The molecule has 0 aliphatic heterocycles. The number of nitrogens with zero attached hydrogens (tertiary/aromatic N) is 1. The van der Waals surface area contributed by atoms with Crippen molar-refractivity contribution in [3.8, 4) is 0 Å². The van der Waals surface area contributed by atoms with E-state index in [1.54, 1.807) is 12.1 Å². The molecule has 0 fully saturated rings. The summed E-state index contributed by atoms with van der Waals surface area (Å²) in [5, 5.41) is 4.60. The lowest BCUT2D eigenvalue weighted by Gasteiger charge is -2.31. The molecule has 0 bridgehead atoms. The van der Waals surface area contributed by atoms with E-state index in [1.165, 1.54) is 12.1 Å². The first-order chi connectivity index (χ1) is 14.1. The molecule has 0 saturated carbocycles. The molecular weight excluding hydrogens is 365 g/mol. The van der Waals surface area contributed by atoms with Crippen LogP contribution in [0.2, 0.25) is 0 Å². The number of para-hydroxylation sites is 1. The molecule has 4 nitrogen and oxygen atoms in total. The Hall–Kier alpha value is -2.92. The van der Waals surface area contributed by atoms with E-state index in [0.717, 1.165) is 41.4 Å². The van der Waals surface area contributed by atoms with Gasteiger partial charge in [0.2, 0.25) is 0 Å². The zero-order chi connectivity index (χ0) is 20.2. The minimum atomic E-state index is -0.217. The molecule has 1 atom stereocenters. The molecular formula is C24H26FN3O. The first kappa shape index (κ1) is 19.4. The van der Waals surface area contributed by atoms with Gasteiger partial charge in [-0.05, 0) is 49.6 Å². The maximum Gasteiger partial charge on any atom is 0.274 e. The molecule has 0 saturated heterocycles. The molecule has 2 aromatic carbocycles. The third-order valence-corrected chi connectivity index (χ3v) is 5.53. The number of halogens is 1. The average molecular weight is 391 g/mol. The van der Waals surface area contributed by atoms with E-state index in [-0.39, 0.29) is 11.7 Å². The van der Waals surface area contributed by atoms with Gasteiger partial charge in [-0.25, -0.2) is 4.39 Å². The van der Waals surface area contributed by atoms with Crippen LogP contribution in [0.5, 0.6) is 0 Å². The Kier molecular flexibility index (Phi) is 5.76. The maximum absolute atomic E-state index is 13.2. The molecule has 3 aromatic rings. The van der Waals surface area contributed by atoms with Crippen molar-refractivity contribution in [3.63, 3.8) is 0 Å². The summed E-state index contributed by atoms with van der Waals surface area (Å²) in [6, 6.07) is 16.7. The number of benzene rings is 2. The summed E-state index contributed by atoms with van der Waals surface area (Å²) in [6.45, 7) is 3.34. The lowest BCUT2D eigenvalue weighted by molar-refractivity contribution is 0.0797. The van der Waals surface area contributed by atoms with E-state index in [2.05, 4.69) is 16.4 Å². The highest BCUT2D eigenvalue weighted by atomic mass is 19.1. The van der Waals surface area contributed by atoms with Gasteiger partial charge in [0.25, 0.3) is 5.91 Å². The summed E-state index contributed by atoms with van der Waals surface area (Å²) < 4.78 is 13.1. The fraction of sp³-hybridized carbons (Fsp3) is 0.292. The molecule has 0 spiro atoms. The van der Waals surface area contributed by atoms with Crippen LogP contribution in [-0.4, -0.2) is 28.4 Å². The largest absolute Gasteiger partial charge is 0.351 e. The molecule has 150 valence electrons. The van der Waals surface area contributed by atoms with Gasteiger partial charge in [0.15, 0.2) is 0 Å². The number of aromatic amines is 1. The molecule has 1 heterocycles. The number of allylic oxidation sites excluding steroid dienone is 1. The van der Waals surface area contributed by atoms with Gasteiger partial charge in [0, 0.05) is 42.2 Å². The monoisotopic (exact) mass is 391 g/mol. The number of nitrogens with one attached hydrogen (secondary N) is 2. The Bertz CT molecular complexity index is 989. The second-order valence-corrected chi connectivity index (χ2v) is 7.50. The molecule has 1 aromatic heterocycles. The van der Waals surface area contributed by atoms with Crippen molar-refractivity contribution in [1.82, 2.24) is 15.2 Å². The first-order valence-corrected chi connectivity index (χ1v) is 10.2. The molecule has 2 N–H and O–H groups in total. The molecule has 5 heteroatoms. The number of aromatic nitrogens is 1. The standard InChI is InChI=1S/C24H26FN3O/c1-2-28(24(29)23-14-18-6-3-4-9-22(18)27-23)21-8-5-7-20(15-21)26-16-17-10-12-19(25)13-11-17/h3-4,6,8-14,20,26-27H,2,5,7,15-16H2,1H3. The SMILES string of the molecule is CCN(C(=O)c1cc2ccccc2[nH]1)C1=CCCC(NCc2ccc(F)cc2)C1. The van der Waals surface area contributed by atoms with Gasteiger partial charge in [-0.2, -0.15) is 0 Å². The Balaban J connectivity index is 1.43. The summed E-state index contributed by atoms with van der Waals surface area (Å²) in [4.78, 5) is 18.3. The van der Waals surface area contributed by atoms with Crippen molar-refractivity contribution in [2.45, 2.75) is 38.8 Å². The zero-order valence-electron chi connectivity index (χ0n) is 16.6. The van der Waals surface area contributed by atoms with E-state index >= 15 is 0 Å². The number of fused-ring (bicyclic) bond motifs is 1. The van der Waals surface area contributed by atoms with Crippen molar-refractivity contribution < 1.29 is 9.18 Å². The lowest BCUT2D eigenvalue weighted by Crippen LogP contribution is -2.37. The van der Waals surface area contributed by atoms with Crippen LogP contribution in [-0.2, 0) is 6.54 Å². The molecule has 1 amide bonds. The number of amides is 1. The van der Waals surface area contributed by atoms with Crippen molar-refractivity contribution >= 4 is 16.8 Å². The van der Waals surface area contributed by atoms with E-state index in [4.69, 9.17) is 0 Å². The van der Waals surface area contributed by atoms with Gasteiger partial charge < -0.3 is 15.2 Å². The lowest BCUT2D eigenvalue weighted by atomic mass is 9.97. The van der Waals surface area contributed by atoms with Crippen LogP contribution in [0.15, 0.2) is 66.4 Å². The van der Waals surface area contributed by atoms with Gasteiger partial charge in [-0.1, -0.05) is 36.4 Å². The van der Waals surface area contributed by atoms with Gasteiger partial charge in [0.1, 0.15) is 11.5 Å². The first-order valence-electron chi connectivity index (χ1n) is 10.2. The normalized spacial score (nSPS) is 16.6. The van der Waals surface area contributed by atoms with Gasteiger partial charge in [0.05, 0.1) is 0 Å². The van der Waals surface area contributed by atoms with Crippen LogP contribution in [0.4, 0.5) is 4.39 Å². The zero-order valence-corrected chi connectivity index (χ0v) is 16.6. The molecule has 1 aliphatic rings. The quantitative estimate of drug-likeness (QED) is 0.622. The smallest absolute Gasteiger partial charge is 0.274 e. The number of carbonyl (C=O) groups is 1. The number of hydrogen-bond acceptors (Lipinski definition) is 2. The van der Waals surface area contributed by atoms with Crippen LogP contribution in [0.3, 0.4) is 0 Å². The predicted octanol–water partition coefficient (Wildman–Crippen LogP) is 5.00. The van der Waals surface area contributed by atoms with Crippen LogP contribution in [0.25, 0.3) is 10.9 Å². The van der Waals surface area contributed by atoms with Crippen molar-refractivity contribution in [2.75, 3.05) is 6.54 Å². The van der Waals surface area contributed by atoms with Gasteiger partial charge in [-0.3, -0.25) is 4.79 Å². The van der Waals surface area contributed by atoms with Gasteiger partial charge >= 0.3 is 0 Å². The summed E-state index contributed by atoms with van der Waals surface area (Å²) in [6.07, 6.45) is 4.96. The van der Waals surface area contributed by atoms with Crippen LogP contribution in [0, 0.1) is 5.82 Å². The Morgan fingerprint density at radius 1 is 1.21 bits per heavy atom. The molecule has 29 heavy (non-hydrogen) atoms. The van der Waals surface area contributed by atoms with Crippen LogP contribution < -0.4 is 5.32 Å². The second kappa shape index (κ2) is 8.62. The highest BCUT2D eigenvalue weighted by molar-refractivity contribution is 5.98. The molecule has 4 rings (SSSR count). The minimum Gasteiger partial charge on any atom is -0.351 e. The van der Waals surface area contributed by atoms with Gasteiger partial charge in [-0.15, -0.1) is 0 Å². The Labute approximate surface area is 170 Å². The van der Waals surface area contributed by atoms with Crippen LogP contribution >= 0.6 is 0 Å². The molecule has 0 radical (unpaired) electrons. The predicted molar refractivity (Wildman–Crippen MR) is 114 cm³/mol. The maximum atomic E-state index is 13.2. The topological polar surface area (TPSA) is 48.1 Å².